The minimum atomic E-state index is -0.651. The van der Waals surface area contributed by atoms with Crippen molar-refractivity contribution >= 4 is 23.8 Å². The topological polar surface area (TPSA) is 55.8 Å². The van der Waals surface area contributed by atoms with Gasteiger partial charge in [-0.05, 0) is 34.6 Å². The summed E-state index contributed by atoms with van der Waals surface area (Å²) >= 11 is 1.53. The predicted octanol–water partition coefficient (Wildman–Crippen LogP) is 2.80. The lowest BCUT2D eigenvalue weighted by Crippen LogP contribution is -2.50. The van der Waals surface area contributed by atoms with Crippen LogP contribution in [-0.4, -0.2) is 45.8 Å². The maximum absolute atomic E-state index is 12.2. The third-order valence-corrected chi connectivity index (χ3v) is 4.12. The van der Waals surface area contributed by atoms with Crippen molar-refractivity contribution in [1.82, 2.24) is 4.90 Å². The quantitative estimate of drug-likeness (QED) is 0.592. The Kier molecular flexibility index (Phi) is 5.13. The van der Waals surface area contributed by atoms with Crippen LogP contribution in [-0.2, 0) is 14.3 Å². The third-order valence-electron chi connectivity index (χ3n) is 2.74. The molecular weight excluding hydrogens is 278 g/mol. The van der Waals surface area contributed by atoms with Crippen molar-refractivity contribution < 1.29 is 19.1 Å². The number of esters is 1. The molecule has 1 heterocycles. The predicted molar refractivity (Wildman–Crippen MR) is 79.6 cm³/mol. The molecule has 20 heavy (non-hydrogen) atoms. The van der Waals surface area contributed by atoms with Crippen LogP contribution in [0.4, 0.5) is 4.79 Å². The molecule has 1 atom stereocenters. The highest BCUT2D eigenvalue weighted by atomic mass is 32.2. The Bertz CT molecular complexity index is 400. The molecule has 1 aliphatic rings. The van der Waals surface area contributed by atoms with Gasteiger partial charge in [0.15, 0.2) is 0 Å². The van der Waals surface area contributed by atoms with Crippen LogP contribution < -0.4 is 0 Å². The molecule has 0 spiro atoms. The van der Waals surface area contributed by atoms with Crippen LogP contribution in [0.25, 0.3) is 0 Å². The molecule has 0 bridgehead atoms. The minimum Gasteiger partial charge on any atom is -0.460 e. The van der Waals surface area contributed by atoms with Crippen LogP contribution in [0.3, 0.4) is 0 Å². The zero-order chi connectivity index (χ0) is 15.6. The molecule has 6 heteroatoms. The molecule has 0 aromatic rings. The van der Waals surface area contributed by atoms with E-state index in [1.165, 1.54) is 22.7 Å². The Morgan fingerprint density at radius 2 is 2.05 bits per heavy atom. The largest absolute Gasteiger partial charge is 0.460 e. The number of carbonyl (C=O) groups excluding carboxylic acids is 2. The van der Waals surface area contributed by atoms with Gasteiger partial charge in [0, 0.05) is 4.75 Å². The Hall–Kier alpha value is -1.17. The Balaban J connectivity index is 2.87. The van der Waals surface area contributed by atoms with E-state index in [9.17, 15) is 9.59 Å². The van der Waals surface area contributed by atoms with Crippen LogP contribution in [0.5, 0.6) is 0 Å². The summed E-state index contributed by atoms with van der Waals surface area (Å²) in [5, 5.41) is 0. The van der Waals surface area contributed by atoms with Gasteiger partial charge >= 0.3 is 12.1 Å². The summed E-state index contributed by atoms with van der Waals surface area (Å²) in [4.78, 5) is 25.8. The third kappa shape index (κ3) is 4.16. The normalized spacial score (nSPS) is 21.4. The van der Waals surface area contributed by atoms with Crippen LogP contribution in [0, 0.1) is 0 Å². The fraction of sp³-hybridized carbons (Fsp3) is 0.714. The fourth-order valence-electron chi connectivity index (χ4n) is 1.87. The number of nitrogens with zero attached hydrogens (tertiary/aromatic N) is 1. The second-order valence-corrected chi connectivity index (χ2v) is 7.75. The van der Waals surface area contributed by atoms with Crippen molar-refractivity contribution in [3.8, 4) is 0 Å². The van der Waals surface area contributed by atoms with Gasteiger partial charge in [-0.25, -0.2) is 9.59 Å². The summed E-state index contributed by atoms with van der Waals surface area (Å²) < 4.78 is 10.0. The lowest BCUT2D eigenvalue weighted by Gasteiger charge is -2.31. The number of hydrogen-bond acceptors (Lipinski definition) is 5. The van der Waals surface area contributed by atoms with E-state index in [0.29, 0.717) is 5.88 Å². The summed E-state index contributed by atoms with van der Waals surface area (Å²) in [6.07, 6.45) is 1.02. The summed E-state index contributed by atoms with van der Waals surface area (Å²) in [5.41, 5.74) is -0.593. The second kappa shape index (κ2) is 6.08. The molecule has 1 aliphatic heterocycles. The zero-order valence-corrected chi connectivity index (χ0v) is 13.6. The van der Waals surface area contributed by atoms with Crippen LogP contribution in [0.2, 0.25) is 0 Å². The highest BCUT2D eigenvalue weighted by Gasteiger charge is 2.50. The molecule has 0 aromatic carbocycles. The first-order valence-electron chi connectivity index (χ1n) is 6.49. The zero-order valence-electron chi connectivity index (χ0n) is 12.8. The molecule has 1 saturated heterocycles. The average Bonchev–Trinajstić information content (AvgIpc) is 2.59. The van der Waals surface area contributed by atoms with Gasteiger partial charge in [0.2, 0.25) is 0 Å². The van der Waals surface area contributed by atoms with Gasteiger partial charge in [-0.2, -0.15) is 0 Å². The molecule has 1 rings (SSSR count). The van der Waals surface area contributed by atoms with Crippen LogP contribution in [0.1, 0.15) is 34.6 Å². The van der Waals surface area contributed by atoms with Crippen LogP contribution in [0.15, 0.2) is 12.7 Å². The van der Waals surface area contributed by atoms with Gasteiger partial charge in [0.05, 0.1) is 5.88 Å². The molecular formula is C14H23NO4S. The maximum atomic E-state index is 12.2. The lowest BCUT2D eigenvalue weighted by atomic mass is 10.0. The summed E-state index contributed by atoms with van der Waals surface area (Å²) in [5.74, 6) is -0.0128. The summed E-state index contributed by atoms with van der Waals surface area (Å²) in [6, 6.07) is -0.651. The standard InChI is InChI=1S/C14H23NO4S/c1-7-8-18-11(16)10-14(5,6)20-9-15(10)12(17)19-13(2,3)4/h7,10H,1,8-9H2,2-6H3. The maximum Gasteiger partial charge on any atom is 0.411 e. The molecule has 0 aromatic heterocycles. The molecule has 1 unspecified atom stereocenters. The Morgan fingerprint density at radius 1 is 1.45 bits per heavy atom. The molecule has 0 radical (unpaired) electrons. The van der Waals surface area contributed by atoms with E-state index >= 15 is 0 Å². The Labute approximate surface area is 124 Å². The smallest absolute Gasteiger partial charge is 0.411 e. The number of carbonyl (C=O) groups is 2. The minimum absolute atomic E-state index is 0.137. The van der Waals surface area contributed by atoms with Crippen molar-refractivity contribution in [3.05, 3.63) is 12.7 Å². The van der Waals surface area contributed by atoms with E-state index in [4.69, 9.17) is 9.47 Å². The number of rotatable bonds is 3. The van der Waals surface area contributed by atoms with Gasteiger partial charge in [-0.3, -0.25) is 4.90 Å². The monoisotopic (exact) mass is 301 g/mol. The van der Waals surface area contributed by atoms with E-state index in [-0.39, 0.29) is 6.61 Å². The second-order valence-electron chi connectivity index (χ2n) is 6.15. The van der Waals surface area contributed by atoms with Crippen LogP contribution >= 0.6 is 11.8 Å². The molecule has 0 N–H and O–H groups in total. The van der Waals surface area contributed by atoms with Gasteiger partial charge in [0.25, 0.3) is 0 Å². The first kappa shape index (κ1) is 16.9. The van der Waals surface area contributed by atoms with Crippen molar-refractivity contribution in [2.45, 2.75) is 51.0 Å². The van der Waals surface area contributed by atoms with E-state index in [2.05, 4.69) is 6.58 Å². The van der Waals surface area contributed by atoms with Gasteiger partial charge in [-0.1, -0.05) is 12.7 Å². The molecule has 0 saturated carbocycles. The molecule has 5 nitrogen and oxygen atoms in total. The Morgan fingerprint density at radius 3 is 2.55 bits per heavy atom. The first-order valence-corrected chi connectivity index (χ1v) is 7.48. The average molecular weight is 301 g/mol. The molecule has 0 aliphatic carbocycles. The van der Waals surface area contributed by atoms with E-state index in [1.807, 2.05) is 13.8 Å². The lowest BCUT2D eigenvalue weighted by molar-refractivity contribution is -0.148. The van der Waals surface area contributed by atoms with Gasteiger partial charge < -0.3 is 9.47 Å². The number of hydrogen-bond donors (Lipinski definition) is 0. The van der Waals surface area contributed by atoms with E-state index in [0.717, 1.165) is 0 Å². The SMILES string of the molecule is C=CCOC(=O)C1N(C(=O)OC(C)(C)C)CSC1(C)C. The fourth-order valence-corrected chi connectivity index (χ4v) is 2.98. The van der Waals surface area contributed by atoms with E-state index in [1.54, 1.807) is 20.8 Å². The van der Waals surface area contributed by atoms with Crippen molar-refractivity contribution in [2.75, 3.05) is 12.5 Å². The first-order chi connectivity index (χ1) is 9.08. The summed E-state index contributed by atoms with van der Waals surface area (Å²) in [7, 11) is 0. The van der Waals surface area contributed by atoms with Gasteiger partial charge in [-0.15, -0.1) is 11.8 Å². The highest BCUT2D eigenvalue weighted by molar-refractivity contribution is 8.00. The number of amides is 1. The molecule has 1 fully saturated rings. The number of ether oxygens (including phenoxy) is 2. The number of thioether (sulfide) groups is 1. The van der Waals surface area contributed by atoms with Gasteiger partial charge in [0.1, 0.15) is 18.2 Å². The highest BCUT2D eigenvalue weighted by Crippen LogP contribution is 2.40. The van der Waals surface area contributed by atoms with Crippen molar-refractivity contribution in [2.24, 2.45) is 0 Å². The van der Waals surface area contributed by atoms with Crippen molar-refractivity contribution in [1.29, 1.82) is 0 Å². The molecule has 1 amide bonds. The van der Waals surface area contributed by atoms with Crippen molar-refractivity contribution in [3.63, 3.8) is 0 Å². The molecule has 114 valence electrons. The summed E-state index contributed by atoms with van der Waals surface area (Å²) in [6.45, 7) is 12.9. The van der Waals surface area contributed by atoms with E-state index < -0.39 is 28.5 Å².